The van der Waals surface area contributed by atoms with Crippen molar-refractivity contribution in [2.45, 2.75) is 41.9 Å². The van der Waals surface area contributed by atoms with Gasteiger partial charge in [-0.25, -0.2) is 4.79 Å². The Labute approximate surface area is 173 Å². The number of thioether (sulfide) groups is 1. The molecule has 1 amide bonds. The Morgan fingerprint density at radius 3 is 2.10 bits per heavy atom. The van der Waals surface area contributed by atoms with Crippen LogP contribution in [0.25, 0.3) is 0 Å². The van der Waals surface area contributed by atoms with Crippen LogP contribution < -0.4 is 4.90 Å². The Morgan fingerprint density at radius 1 is 0.933 bits per heavy atom. The third kappa shape index (κ3) is 4.85. The van der Waals surface area contributed by atoms with Crippen molar-refractivity contribution < 1.29 is 35.9 Å². The van der Waals surface area contributed by atoms with Crippen molar-refractivity contribution in [2.24, 2.45) is 0 Å². The molecule has 0 saturated carbocycles. The van der Waals surface area contributed by atoms with Crippen molar-refractivity contribution in [1.29, 1.82) is 0 Å². The largest absolute Gasteiger partial charge is 0.442 e. The van der Waals surface area contributed by atoms with Gasteiger partial charge in [0.25, 0.3) is 0 Å². The second kappa shape index (κ2) is 7.72. The number of carbonyl (C=O) groups excluding carboxylic acids is 1. The lowest BCUT2D eigenvalue weighted by Crippen LogP contribution is -2.36. The summed E-state index contributed by atoms with van der Waals surface area (Å²) in [7, 11) is 0. The van der Waals surface area contributed by atoms with Crippen molar-refractivity contribution in [3.8, 4) is 0 Å². The highest BCUT2D eigenvalue weighted by Gasteiger charge is 2.43. The number of hydrogen-bond donors (Lipinski definition) is 0. The summed E-state index contributed by atoms with van der Waals surface area (Å²) in [5.74, 6) is 0. The molecule has 2 aromatic carbocycles. The molecule has 0 aromatic heterocycles. The van der Waals surface area contributed by atoms with Crippen LogP contribution >= 0.6 is 11.8 Å². The van der Waals surface area contributed by atoms with E-state index in [1.54, 1.807) is 13.8 Å². The van der Waals surface area contributed by atoms with E-state index in [0.717, 1.165) is 36.0 Å². The first kappa shape index (κ1) is 22.3. The second-order valence-electron chi connectivity index (χ2n) is 7.26. The van der Waals surface area contributed by atoms with Gasteiger partial charge in [-0.05, 0) is 56.3 Å². The maximum Gasteiger partial charge on any atom is 0.416 e. The van der Waals surface area contributed by atoms with Crippen LogP contribution in [-0.2, 0) is 17.1 Å². The fourth-order valence-corrected chi connectivity index (χ4v) is 4.17. The van der Waals surface area contributed by atoms with Crippen molar-refractivity contribution in [3.05, 3.63) is 59.7 Å². The minimum absolute atomic E-state index is 0.0587. The number of hydrogen-bond acceptors (Lipinski definition) is 3. The predicted molar refractivity (Wildman–Crippen MR) is 100 cm³/mol. The molecule has 10 heteroatoms. The van der Waals surface area contributed by atoms with E-state index < -0.39 is 40.4 Å². The molecular formula is C20H17F6NO2S. The third-order valence-electron chi connectivity index (χ3n) is 4.64. The molecule has 3 nitrogen and oxygen atoms in total. The number of cyclic esters (lactones) is 1. The maximum absolute atomic E-state index is 12.9. The summed E-state index contributed by atoms with van der Waals surface area (Å²) in [6.07, 6.45) is -10.4. The van der Waals surface area contributed by atoms with E-state index >= 15 is 0 Å². The van der Waals surface area contributed by atoms with Crippen molar-refractivity contribution in [1.82, 2.24) is 0 Å². The summed E-state index contributed by atoms with van der Waals surface area (Å²) < 4.78 is 81.6. The Morgan fingerprint density at radius 2 is 1.53 bits per heavy atom. The molecule has 0 spiro atoms. The van der Waals surface area contributed by atoms with Gasteiger partial charge in [-0.2, -0.15) is 26.3 Å². The van der Waals surface area contributed by atoms with Gasteiger partial charge >= 0.3 is 18.4 Å². The normalized spacial score (nSPS) is 17.9. The first-order chi connectivity index (χ1) is 13.8. The second-order valence-corrected chi connectivity index (χ2v) is 8.99. The van der Waals surface area contributed by atoms with Crippen LogP contribution in [0.3, 0.4) is 0 Å². The molecule has 1 fully saturated rings. The Bertz CT molecular complexity index is 924. The van der Waals surface area contributed by atoms with Gasteiger partial charge in [-0.1, -0.05) is 6.07 Å². The lowest BCUT2D eigenvalue weighted by Gasteiger charge is -2.29. The summed E-state index contributed by atoms with van der Waals surface area (Å²) in [6, 6.07) is 8.94. The zero-order valence-electron chi connectivity index (χ0n) is 15.8. The van der Waals surface area contributed by atoms with E-state index in [1.807, 2.05) is 0 Å². The van der Waals surface area contributed by atoms with Crippen molar-refractivity contribution in [3.63, 3.8) is 0 Å². The van der Waals surface area contributed by atoms with Crippen LogP contribution in [0, 0.1) is 0 Å². The molecule has 0 N–H and O–H groups in total. The van der Waals surface area contributed by atoms with E-state index in [0.29, 0.717) is 4.90 Å². The number of ether oxygens (including phenoxy) is 1. The lowest BCUT2D eigenvalue weighted by atomic mass is 10.1. The summed E-state index contributed by atoms with van der Waals surface area (Å²) in [5, 5.41) is 0. The SMILES string of the molecule is CC(C)(Sc1cccc(C(F)(F)F)c1)C1CN(c2ccc(C(F)(F)F)cc2)C(=O)O1. The van der Waals surface area contributed by atoms with Gasteiger partial charge in [0.05, 0.1) is 22.4 Å². The molecule has 1 aliphatic rings. The zero-order valence-corrected chi connectivity index (χ0v) is 16.7. The number of rotatable bonds is 4. The van der Waals surface area contributed by atoms with Crippen LogP contribution in [0.15, 0.2) is 53.4 Å². The molecule has 30 heavy (non-hydrogen) atoms. The standard InChI is InChI=1S/C20H17F6NO2S/c1-18(2,30-15-5-3-4-13(10-15)20(24,25)26)16-11-27(17(28)29-16)14-8-6-12(7-9-14)19(21,22)23/h3-10,16H,11H2,1-2H3. The molecule has 0 aliphatic carbocycles. The summed E-state index contributed by atoms with van der Waals surface area (Å²) in [5.41, 5.74) is -1.37. The smallest absolute Gasteiger partial charge is 0.416 e. The summed E-state index contributed by atoms with van der Waals surface area (Å²) in [6.45, 7) is 3.52. The topological polar surface area (TPSA) is 29.5 Å². The van der Waals surface area contributed by atoms with Gasteiger partial charge in [0.2, 0.25) is 0 Å². The Hall–Kier alpha value is -2.36. The van der Waals surface area contributed by atoms with Gasteiger partial charge in [0.15, 0.2) is 0 Å². The monoisotopic (exact) mass is 449 g/mol. The molecule has 0 radical (unpaired) electrons. The lowest BCUT2D eigenvalue weighted by molar-refractivity contribution is -0.138. The molecule has 0 bridgehead atoms. The number of benzene rings is 2. The fraction of sp³-hybridized carbons (Fsp3) is 0.350. The maximum atomic E-state index is 12.9. The van der Waals surface area contributed by atoms with Crippen LogP contribution in [0.5, 0.6) is 0 Å². The van der Waals surface area contributed by atoms with E-state index in [9.17, 15) is 31.1 Å². The van der Waals surface area contributed by atoms with Crippen LogP contribution in [0.2, 0.25) is 0 Å². The Kier molecular flexibility index (Phi) is 5.74. The highest BCUT2D eigenvalue weighted by molar-refractivity contribution is 8.00. The van der Waals surface area contributed by atoms with Gasteiger partial charge in [0.1, 0.15) is 6.10 Å². The minimum atomic E-state index is -4.49. The molecule has 1 atom stereocenters. The average molecular weight is 449 g/mol. The van der Waals surface area contributed by atoms with Gasteiger partial charge in [0, 0.05) is 10.6 Å². The summed E-state index contributed by atoms with van der Waals surface area (Å²) in [4.78, 5) is 13.8. The average Bonchev–Trinajstić information content (AvgIpc) is 3.03. The van der Waals surface area contributed by atoms with Crippen molar-refractivity contribution in [2.75, 3.05) is 11.4 Å². The molecule has 162 valence electrons. The molecule has 3 rings (SSSR count). The zero-order chi connectivity index (χ0) is 22.3. The van der Waals surface area contributed by atoms with E-state index in [2.05, 4.69) is 0 Å². The Balaban J connectivity index is 1.75. The van der Waals surface area contributed by atoms with Gasteiger partial charge in [-0.15, -0.1) is 11.8 Å². The van der Waals surface area contributed by atoms with Crippen LogP contribution in [0.1, 0.15) is 25.0 Å². The molecular weight excluding hydrogens is 432 g/mol. The number of nitrogens with zero attached hydrogens (tertiary/aromatic N) is 1. The number of anilines is 1. The number of amides is 1. The van der Waals surface area contributed by atoms with Gasteiger partial charge in [-0.3, -0.25) is 4.90 Å². The fourth-order valence-electron chi connectivity index (χ4n) is 2.97. The van der Waals surface area contributed by atoms with Gasteiger partial charge < -0.3 is 4.74 Å². The molecule has 1 saturated heterocycles. The molecule has 1 aliphatic heterocycles. The molecule has 2 aromatic rings. The predicted octanol–water partition coefficient (Wildman–Crippen LogP) is 6.62. The van der Waals surface area contributed by atoms with E-state index in [4.69, 9.17) is 4.74 Å². The van der Waals surface area contributed by atoms with Crippen LogP contribution in [0.4, 0.5) is 36.8 Å². The molecule has 1 heterocycles. The minimum Gasteiger partial charge on any atom is -0.442 e. The highest BCUT2D eigenvalue weighted by atomic mass is 32.2. The number of carbonyl (C=O) groups is 1. The van der Waals surface area contributed by atoms with E-state index in [1.165, 1.54) is 29.2 Å². The quantitative estimate of drug-likeness (QED) is 0.388. The number of halogens is 6. The van der Waals surface area contributed by atoms with E-state index in [-0.39, 0.29) is 12.2 Å². The van der Waals surface area contributed by atoms with Crippen LogP contribution in [-0.4, -0.2) is 23.5 Å². The third-order valence-corrected chi connectivity index (χ3v) is 5.91. The molecule has 1 unspecified atom stereocenters. The highest BCUT2D eigenvalue weighted by Crippen LogP contribution is 2.41. The number of alkyl halides is 6. The van der Waals surface area contributed by atoms with Crippen molar-refractivity contribution >= 4 is 23.5 Å². The first-order valence-corrected chi connectivity index (χ1v) is 9.61. The summed E-state index contributed by atoms with van der Waals surface area (Å²) >= 11 is 1.13. The first-order valence-electron chi connectivity index (χ1n) is 8.79.